The molecule has 0 radical (unpaired) electrons. The molecule has 0 unspecified atom stereocenters. The normalized spacial score (nSPS) is 13.2. The van der Waals surface area contributed by atoms with Gasteiger partial charge in [0.2, 0.25) is 0 Å². The van der Waals surface area contributed by atoms with Crippen LogP contribution < -0.4 is 5.32 Å². The third-order valence-corrected chi connectivity index (χ3v) is 2.52. The predicted octanol–water partition coefficient (Wildman–Crippen LogP) is 2.31. The SMILES string of the molecule is CC(C)(C)OC(=O)N[C@@H](CO)c1ccsc1. The van der Waals surface area contributed by atoms with Gasteiger partial charge in [0.05, 0.1) is 12.6 Å². The minimum atomic E-state index is -0.529. The number of thiophene rings is 1. The molecule has 90 valence electrons. The van der Waals surface area contributed by atoms with Gasteiger partial charge in [-0.15, -0.1) is 0 Å². The lowest BCUT2D eigenvalue weighted by Gasteiger charge is -2.22. The van der Waals surface area contributed by atoms with E-state index < -0.39 is 17.7 Å². The molecule has 0 saturated heterocycles. The van der Waals surface area contributed by atoms with E-state index in [1.54, 1.807) is 20.8 Å². The van der Waals surface area contributed by atoms with Crippen molar-refractivity contribution in [1.82, 2.24) is 5.32 Å². The first-order chi connectivity index (χ1) is 7.42. The highest BCUT2D eigenvalue weighted by atomic mass is 32.1. The standard InChI is InChI=1S/C11H17NO3S/c1-11(2,3)15-10(14)12-9(6-13)8-4-5-16-7-8/h4-5,7,9,13H,6H2,1-3H3,(H,12,14)/t9-/m0/s1. The zero-order valence-electron chi connectivity index (χ0n) is 9.69. The van der Waals surface area contributed by atoms with Gasteiger partial charge < -0.3 is 15.2 Å². The number of ether oxygens (including phenoxy) is 1. The van der Waals surface area contributed by atoms with Crippen molar-refractivity contribution in [2.75, 3.05) is 6.61 Å². The van der Waals surface area contributed by atoms with E-state index in [1.165, 1.54) is 11.3 Å². The third kappa shape index (κ3) is 4.20. The molecular formula is C11H17NO3S. The van der Waals surface area contributed by atoms with Crippen LogP contribution in [0, 0.1) is 0 Å². The van der Waals surface area contributed by atoms with E-state index in [2.05, 4.69) is 5.32 Å². The van der Waals surface area contributed by atoms with Gasteiger partial charge in [0, 0.05) is 0 Å². The average Bonchev–Trinajstić information content (AvgIpc) is 2.63. The van der Waals surface area contributed by atoms with Crippen LogP contribution in [0.2, 0.25) is 0 Å². The van der Waals surface area contributed by atoms with E-state index in [1.807, 2.05) is 16.8 Å². The number of nitrogens with one attached hydrogen (secondary N) is 1. The Morgan fingerprint density at radius 2 is 2.31 bits per heavy atom. The van der Waals surface area contributed by atoms with E-state index in [4.69, 9.17) is 4.74 Å². The summed E-state index contributed by atoms with van der Waals surface area (Å²) in [6.45, 7) is 5.25. The van der Waals surface area contributed by atoms with Gasteiger partial charge in [-0.25, -0.2) is 4.79 Å². The number of alkyl carbamates (subject to hydrolysis) is 1. The molecule has 0 aliphatic rings. The zero-order chi connectivity index (χ0) is 12.2. The number of hydrogen-bond donors (Lipinski definition) is 2. The monoisotopic (exact) mass is 243 g/mol. The molecule has 1 aromatic rings. The molecule has 4 nitrogen and oxygen atoms in total. The quantitative estimate of drug-likeness (QED) is 0.856. The molecule has 0 aliphatic heterocycles. The summed E-state index contributed by atoms with van der Waals surface area (Å²) >= 11 is 1.52. The summed E-state index contributed by atoms with van der Waals surface area (Å²) < 4.78 is 5.11. The minimum Gasteiger partial charge on any atom is -0.444 e. The maximum absolute atomic E-state index is 11.5. The van der Waals surface area contributed by atoms with E-state index in [-0.39, 0.29) is 6.61 Å². The predicted molar refractivity (Wildman–Crippen MR) is 63.5 cm³/mol. The number of aliphatic hydroxyl groups is 1. The Morgan fingerprint density at radius 3 is 2.75 bits per heavy atom. The molecule has 1 rings (SSSR count). The van der Waals surface area contributed by atoms with E-state index in [0.29, 0.717) is 0 Å². The fourth-order valence-corrected chi connectivity index (χ4v) is 1.87. The van der Waals surface area contributed by atoms with Gasteiger partial charge in [-0.05, 0) is 43.2 Å². The Kier molecular flexibility index (Phi) is 4.32. The van der Waals surface area contributed by atoms with E-state index in [9.17, 15) is 9.90 Å². The first-order valence-corrected chi connectivity index (χ1v) is 5.99. The Labute approximate surface area is 99.2 Å². The number of carbonyl (C=O) groups is 1. The Morgan fingerprint density at radius 1 is 1.62 bits per heavy atom. The van der Waals surface area contributed by atoms with Gasteiger partial charge in [-0.2, -0.15) is 11.3 Å². The lowest BCUT2D eigenvalue weighted by atomic mass is 10.1. The molecule has 5 heteroatoms. The van der Waals surface area contributed by atoms with Crippen molar-refractivity contribution in [3.05, 3.63) is 22.4 Å². The number of aliphatic hydroxyl groups excluding tert-OH is 1. The van der Waals surface area contributed by atoms with Crippen molar-refractivity contribution in [3.63, 3.8) is 0 Å². The van der Waals surface area contributed by atoms with Crippen LogP contribution in [0.1, 0.15) is 32.4 Å². The summed E-state index contributed by atoms with van der Waals surface area (Å²) in [6, 6.07) is 1.46. The number of hydrogen-bond acceptors (Lipinski definition) is 4. The number of rotatable bonds is 3. The summed E-state index contributed by atoms with van der Waals surface area (Å²) in [6.07, 6.45) is -0.516. The van der Waals surface area contributed by atoms with Crippen LogP contribution in [-0.2, 0) is 4.74 Å². The maximum atomic E-state index is 11.5. The van der Waals surface area contributed by atoms with Crippen molar-refractivity contribution in [3.8, 4) is 0 Å². The van der Waals surface area contributed by atoms with Gasteiger partial charge in [-0.3, -0.25) is 0 Å². The van der Waals surface area contributed by atoms with Crippen LogP contribution >= 0.6 is 11.3 Å². The Hall–Kier alpha value is -1.07. The van der Waals surface area contributed by atoms with Crippen molar-refractivity contribution >= 4 is 17.4 Å². The van der Waals surface area contributed by atoms with Crippen LogP contribution in [0.3, 0.4) is 0 Å². The van der Waals surface area contributed by atoms with Crippen LogP contribution in [0.5, 0.6) is 0 Å². The molecule has 0 fully saturated rings. The molecule has 1 heterocycles. The minimum absolute atomic E-state index is 0.143. The second kappa shape index (κ2) is 5.32. The summed E-state index contributed by atoms with van der Waals surface area (Å²) in [4.78, 5) is 11.5. The fourth-order valence-electron chi connectivity index (χ4n) is 1.16. The van der Waals surface area contributed by atoms with Crippen LogP contribution in [0.25, 0.3) is 0 Å². The van der Waals surface area contributed by atoms with Gasteiger partial charge in [0.25, 0.3) is 0 Å². The van der Waals surface area contributed by atoms with Gasteiger partial charge >= 0.3 is 6.09 Å². The molecule has 1 amide bonds. The molecule has 0 aromatic carbocycles. The molecule has 0 aliphatic carbocycles. The van der Waals surface area contributed by atoms with Crippen molar-refractivity contribution < 1.29 is 14.6 Å². The van der Waals surface area contributed by atoms with Crippen molar-refractivity contribution in [1.29, 1.82) is 0 Å². The first-order valence-electron chi connectivity index (χ1n) is 5.05. The maximum Gasteiger partial charge on any atom is 0.408 e. The number of amides is 1. The molecule has 1 aromatic heterocycles. The van der Waals surface area contributed by atoms with Gasteiger partial charge in [0.1, 0.15) is 5.60 Å². The fraction of sp³-hybridized carbons (Fsp3) is 0.545. The largest absolute Gasteiger partial charge is 0.444 e. The molecule has 16 heavy (non-hydrogen) atoms. The highest BCUT2D eigenvalue weighted by molar-refractivity contribution is 7.07. The van der Waals surface area contributed by atoms with Gasteiger partial charge in [0.15, 0.2) is 0 Å². The van der Waals surface area contributed by atoms with E-state index >= 15 is 0 Å². The lowest BCUT2D eigenvalue weighted by Crippen LogP contribution is -2.36. The second-order valence-electron chi connectivity index (χ2n) is 4.44. The summed E-state index contributed by atoms with van der Waals surface area (Å²) in [5, 5.41) is 15.6. The van der Waals surface area contributed by atoms with E-state index in [0.717, 1.165) is 5.56 Å². The van der Waals surface area contributed by atoms with Crippen LogP contribution in [0.4, 0.5) is 4.79 Å². The molecular weight excluding hydrogens is 226 g/mol. The summed E-state index contributed by atoms with van der Waals surface area (Å²) in [5.74, 6) is 0. The highest BCUT2D eigenvalue weighted by Gasteiger charge is 2.20. The topological polar surface area (TPSA) is 58.6 Å². The summed E-state index contributed by atoms with van der Waals surface area (Å²) in [7, 11) is 0. The molecule has 0 saturated carbocycles. The highest BCUT2D eigenvalue weighted by Crippen LogP contribution is 2.16. The first kappa shape index (κ1) is 13.0. The molecule has 0 spiro atoms. The van der Waals surface area contributed by atoms with Crippen molar-refractivity contribution in [2.24, 2.45) is 0 Å². The Bertz CT molecular complexity index is 329. The van der Waals surface area contributed by atoms with Crippen molar-refractivity contribution in [2.45, 2.75) is 32.4 Å². The van der Waals surface area contributed by atoms with Crippen LogP contribution in [0.15, 0.2) is 16.8 Å². The van der Waals surface area contributed by atoms with Crippen LogP contribution in [-0.4, -0.2) is 23.4 Å². The molecule has 0 bridgehead atoms. The smallest absolute Gasteiger partial charge is 0.408 e. The van der Waals surface area contributed by atoms with Gasteiger partial charge in [-0.1, -0.05) is 0 Å². The molecule has 2 N–H and O–H groups in total. The zero-order valence-corrected chi connectivity index (χ0v) is 10.5. The lowest BCUT2D eigenvalue weighted by molar-refractivity contribution is 0.0482. The second-order valence-corrected chi connectivity index (χ2v) is 5.22. The number of carbonyl (C=O) groups excluding carboxylic acids is 1. The Balaban J connectivity index is 2.55. The third-order valence-electron chi connectivity index (χ3n) is 1.82. The summed E-state index contributed by atoms with van der Waals surface area (Å²) in [5.41, 5.74) is 0.358. The molecule has 1 atom stereocenters. The average molecular weight is 243 g/mol.